The van der Waals surface area contributed by atoms with Gasteiger partial charge in [0.2, 0.25) is 0 Å². The van der Waals surface area contributed by atoms with Crippen LogP contribution in [0.4, 0.5) is 0 Å². The van der Waals surface area contributed by atoms with Crippen LogP contribution in [0.1, 0.15) is 0 Å². The molecule has 4 rings (SSSR count). The molecule has 0 aliphatic heterocycles. The van der Waals surface area contributed by atoms with Crippen LogP contribution in [0.5, 0.6) is 5.75 Å². The zero-order valence-corrected chi connectivity index (χ0v) is 12.8. The lowest BCUT2D eigenvalue weighted by Gasteiger charge is -2.06. The number of phenols is 1. The molecule has 0 bridgehead atoms. The predicted octanol–water partition coefficient (Wildman–Crippen LogP) is 4.89. The molecule has 0 saturated carbocycles. The van der Waals surface area contributed by atoms with E-state index in [9.17, 15) is 9.90 Å². The molecule has 1 aromatic heterocycles. The zero-order valence-electron chi connectivity index (χ0n) is 12.0. The van der Waals surface area contributed by atoms with Crippen molar-refractivity contribution in [3.8, 4) is 28.0 Å². The Bertz CT molecular complexity index is 1030. The van der Waals surface area contributed by atoms with Crippen LogP contribution in [0, 0.1) is 0 Å². The summed E-state index contributed by atoms with van der Waals surface area (Å²) in [5.74, 6) is 0.122. The number of benzene rings is 3. The second kappa shape index (κ2) is 5.41. The predicted molar refractivity (Wildman–Crippen MR) is 92.9 cm³/mol. The Morgan fingerprint density at radius 3 is 2.22 bits per heavy atom. The van der Waals surface area contributed by atoms with Gasteiger partial charge in [-0.25, -0.2) is 4.79 Å². The number of hydrogen-bond donors (Lipinski definition) is 1. The molecule has 3 nitrogen and oxygen atoms in total. The van der Waals surface area contributed by atoms with Crippen molar-refractivity contribution >= 4 is 21.6 Å². The van der Waals surface area contributed by atoms with Gasteiger partial charge in [0.25, 0.3) is 0 Å². The summed E-state index contributed by atoms with van der Waals surface area (Å²) in [5, 5.41) is 9.88. The molecule has 3 aromatic carbocycles. The third-order valence-electron chi connectivity index (χ3n) is 3.72. The van der Waals surface area contributed by atoms with Crippen LogP contribution in [0.2, 0.25) is 0 Å². The Balaban J connectivity index is 1.84. The summed E-state index contributed by atoms with van der Waals surface area (Å²) in [5.41, 5.74) is 4.38. The van der Waals surface area contributed by atoms with E-state index >= 15 is 0 Å². The van der Waals surface area contributed by atoms with Crippen molar-refractivity contribution in [1.82, 2.24) is 0 Å². The number of hydrogen-bond acceptors (Lipinski definition) is 4. The molecule has 23 heavy (non-hydrogen) atoms. The highest BCUT2D eigenvalue weighted by atomic mass is 32.1. The molecule has 0 unspecified atom stereocenters. The van der Waals surface area contributed by atoms with E-state index in [2.05, 4.69) is 12.1 Å². The van der Waals surface area contributed by atoms with Gasteiger partial charge in [0.15, 0.2) is 5.58 Å². The molecule has 1 N–H and O–H groups in total. The Morgan fingerprint density at radius 1 is 0.826 bits per heavy atom. The highest BCUT2D eigenvalue weighted by Crippen LogP contribution is 2.34. The smallest absolute Gasteiger partial charge is 0.396 e. The average Bonchev–Trinajstić information content (AvgIpc) is 2.95. The van der Waals surface area contributed by atoms with Gasteiger partial charge >= 0.3 is 4.94 Å². The van der Waals surface area contributed by atoms with Gasteiger partial charge in [-0.15, -0.1) is 0 Å². The number of rotatable bonds is 2. The molecule has 0 atom stereocenters. The monoisotopic (exact) mass is 320 g/mol. The maximum atomic E-state index is 11.5. The lowest BCUT2D eigenvalue weighted by molar-refractivity contribution is 0.476. The normalized spacial score (nSPS) is 11.0. The fourth-order valence-corrected chi connectivity index (χ4v) is 3.38. The third kappa shape index (κ3) is 2.53. The lowest BCUT2D eigenvalue weighted by atomic mass is 10.00. The first-order valence-corrected chi connectivity index (χ1v) is 7.95. The molecule has 0 spiro atoms. The fourth-order valence-electron chi connectivity index (χ4n) is 2.65. The van der Waals surface area contributed by atoms with Gasteiger partial charge in [-0.05, 0) is 22.8 Å². The van der Waals surface area contributed by atoms with E-state index in [1.165, 1.54) is 0 Å². The molecule has 4 aromatic rings. The highest BCUT2D eigenvalue weighted by Gasteiger charge is 2.12. The summed E-state index contributed by atoms with van der Waals surface area (Å²) in [6.07, 6.45) is 0. The van der Waals surface area contributed by atoms with Gasteiger partial charge in [0.1, 0.15) is 5.75 Å². The minimum Gasteiger partial charge on any atom is -0.508 e. The maximum absolute atomic E-state index is 11.5. The van der Waals surface area contributed by atoms with Crippen molar-refractivity contribution in [3.05, 3.63) is 76.5 Å². The van der Waals surface area contributed by atoms with Gasteiger partial charge in [0.05, 0.1) is 4.70 Å². The molecule has 1 heterocycles. The van der Waals surface area contributed by atoms with Crippen molar-refractivity contribution in [1.29, 1.82) is 0 Å². The zero-order chi connectivity index (χ0) is 15.8. The maximum Gasteiger partial charge on any atom is 0.396 e. The largest absolute Gasteiger partial charge is 0.508 e. The Labute approximate surface area is 136 Å². The summed E-state index contributed by atoms with van der Waals surface area (Å²) in [4.78, 5) is 11.1. The molecule has 0 fully saturated rings. The summed E-state index contributed by atoms with van der Waals surface area (Å²) < 4.78 is 5.93. The molecule has 0 aliphatic carbocycles. The van der Waals surface area contributed by atoms with Crippen molar-refractivity contribution in [2.24, 2.45) is 0 Å². The quantitative estimate of drug-likeness (QED) is 0.572. The molecule has 0 aliphatic rings. The van der Waals surface area contributed by atoms with E-state index < -0.39 is 0 Å². The molecule has 0 saturated heterocycles. The van der Waals surface area contributed by atoms with Crippen molar-refractivity contribution in [2.45, 2.75) is 0 Å². The van der Waals surface area contributed by atoms with E-state index in [4.69, 9.17) is 4.42 Å². The van der Waals surface area contributed by atoms with Crippen LogP contribution in [0.3, 0.4) is 0 Å². The highest BCUT2D eigenvalue weighted by molar-refractivity contribution is 7.16. The van der Waals surface area contributed by atoms with E-state index in [-0.39, 0.29) is 10.7 Å². The first-order valence-electron chi connectivity index (χ1n) is 7.13. The SMILES string of the molecule is O=c1oc2c(-c3ccc(-c4ccccc4)cc3)cc(O)cc2s1. The summed E-state index contributed by atoms with van der Waals surface area (Å²) in [6.45, 7) is 0. The minimum atomic E-state index is -0.368. The summed E-state index contributed by atoms with van der Waals surface area (Å²) >= 11 is 0.993. The Kier molecular flexibility index (Phi) is 3.24. The van der Waals surface area contributed by atoms with Gasteiger partial charge in [-0.1, -0.05) is 65.9 Å². The lowest BCUT2D eigenvalue weighted by Crippen LogP contribution is -1.83. The first-order chi connectivity index (χ1) is 11.2. The fraction of sp³-hybridized carbons (Fsp3) is 0. The van der Waals surface area contributed by atoms with Crippen LogP contribution < -0.4 is 4.94 Å². The summed E-state index contributed by atoms with van der Waals surface area (Å²) in [7, 11) is 0. The van der Waals surface area contributed by atoms with Gasteiger partial charge < -0.3 is 9.52 Å². The number of phenolic OH excluding ortho intramolecular Hbond substituents is 1. The first kappa shape index (κ1) is 13.8. The number of fused-ring (bicyclic) bond motifs is 1. The second-order valence-electron chi connectivity index (χ2n) is 5.22. The Morgan fingerprint density at radius 2 is 1.48 bits per heavy atom. The standard InChI is InChI=1S/C19H12O3S/c20-15-10-16(18-17(11-15)23-19(21)22-18)14-8-6-13(7-9-14)12-4-2-1-3-5-12/h1-11,20H. The topological polar surface area (TPSA) is 50.4 Å². The van der Waals surface area contributed by atoms with Crippen LogP contribution >= 0.6 is 11.3 Å². The third-order valence-corrected chi connectivity index (χ3v) is 4.49. The number of aromatic hydroxyl groups is 1. The van der Waals surface area contributed by atoms with Gasteiger partial charge in [-0.2, -0.15) is 0 Å². The van der Waals surface area contributed by atoms with Crippen molar-refractivity contribution in [3.63, 3.8) is 0 Å². The second-order valence-corrected chi connectivity index (χ2v) is 6.20. The molecule has 112 valence electrons. The van der Waals surface area contributed by atoms with Crippen molar-refractivity contribution in [2.75, 3.05) is 0 Å². The molecule has 0 amide bonds. The molecule has 4 heteroatoms. The average molecular weight is 320 g/mol. The van der Waals surface area contributed by atoms with Gasteiger partial charge in [0, 0.05) is 11.6 Å². The van der Waals surface area contributed by atoms with Crippen LogP contribution in [0.15, 0.2) is 75.9 Å². The van der Waals surface area contributed by atoms with E-state index in [0.29, 0.717) is 10.3 Å². The van der Waals surface area contributed by atoms with Crippen LogP contribution in [-0.4, -0.2) is 5.11 Å². The molecule has 0 radical (unpaired) electrons. The Hall–Kier alpha value is -2.85. The minimum absolute atomic E-state index is 0.122. The summed E-state index contributed by atoms with van der Waals surface area (Å²) in [6, 6.07) is 21.2. The molecular formula is C19H12O3S. The van der Waals surface area contributed by atoms with E-state index in [1.807, 2.05) is 42.5 Å². The van der Waals surface area contributed by atoms with Crippen molar-refractivity contribution < 1.29 is 9.52 Å². The van der Waals surface area contributed by atoms with Crippen LogP contribution in [-0.2, 0) is 0 Å². The molecular weight excluding hydrogens is 308 g/mol. The van der Waals surface area contributed by atoms with E-state index in [0.717, 1.165) is 33.6 Å². The van der Waals surface area contributed by atoms with Crippen LogP contribution in [0.25, 0.3) is 32.5 Å². The van der Waals surface area contributed by atoms with E-state index in [1.54, 1.807) is 12.1 Å². The van der Waals surface area contributed by atoms with Gasteiger partial charge in [-0.3, -0.25) is 0 Å².